The standard InChI is InChI=1S/C20H19N5O/c1-14(2)26-17-9-7-16(8-10-17)23-19-11-12-22-20(25-19)24-18-6-4-3-5-15(18)13-21/h3-12,14H,1-2H3,(H2,22,23,24,25). The Morgan fingerprint density at radius 1 is 1.00 bits per heavy atom. The molecule has 0 spiro atoms. The second kappa shape index (κ2) is 7.99. The number of anilines is 4. The number of hydrogen-bond acceptors (Lipinski definition) is 6. The summed E-state index contributed by atoms with van der Waals surface area (Å²) < 4.78 is 5.64. The molecule has 0 atom stereocenters. The van der Waals surface area contributed by atoms with Gasteiger partial charge in [0.25, 0.3) is 0 Å². The molecule has 0 saturated carbocycles. The molecule has 26 heavy (non-hydrogen) atoms. The number of nitrogens with one attached hydrogen (secondary N) is 2. The van der Waals surface area contributed by atoms with E-state index < -0.39 is 0 Å². The van der Waals surface area contributed by atoms with Gasteiger partial charge < -0.3 is 15.4 Å². The summed E-state index contributed by atoms with van der Waals surface area (Å²) in [5, 5.41) is 15.5. The molecule has 0 saturated heterocycles. The Hall–Kier alpha value is -3.59. The molecule has 2 aromatic carbocycles. The molecule has 0 bridgehead atoms. The van der Waals surface area contributed by atoms with Crippen LogP contribution in [0.4, 0.5) is 23.1 Å². The van der Waals surface area contributed by atoms with E-state index in [1.807, 2.05) is 56.3 Å². The normalized spacial score (nSPS) is 10.2. The van der Waals surface area contributed by atoms with Gasteiger partial charge >= 0.3 is 0 Å². The maximum atomic E-state index is 9.17. The van der Waals surface area contributed by atoms with Crippen LogP contribution in [0.25, 0.3) is 0 Å². The molecule has 1 aromatic heterocycles. The summed E-state index contributed by atoms with van der Waals surface area (Å²) in [4.78, 5) is 8.64. The van der Waals surface area contributed by atoms with E-state index in [9.17, 15) is 0 Å². The summed E-state index contributed by atoms with van der Waals surface area (Å²) in [5.41, 5.74) is 2.10. The summed E-state index contributed by atoms with van der Waals surface area (Å²) in [7, 11) is 0. The molecule has 1 heterocycles. The third-order valence-electron chi connectivity index (χ3n) is 3.45. The zero-order valence-corrected chi connectivity index (χ0v) is 14.6. The van der Waals surface area contributed by atoms with E-state index in [0.717, 1.165) is 11.4 Å². The summed E-state index contributed by atoms with van der Waals surface area (Å²) in [5.74, 6) is 1.88. The number of aromatic nitrogens is 2. The smallest absolute Gasteiger partial charge is 0.229 e. The minimum Gasteiger partial charge on any atom is -0.491 e. The van der Waals surface area contributed by atoms with Crippen molar-refractivity contribution in [3.05, 3.63) is 66.4 Å². The Balaban J connectivity index is 1.72. The van der Waals surface area contributed by atoms with Crippen molar-refractivity contribution >= 4 is 23.1 Å². The highest BCUT2D eigenvalue weighted by molar-refractivity contribution is 5.64. The quantitative estimate of drug-likeness (QED) is 0.678. The zero-order valence-electron chi connectivity index (χ0n) is 14.6. The molecule has 0 aliphatic heterocycles. The Labute approximate surface area is 152 Å². The molecule has 6 nitrogen and oxygen atoms in total. The van der Waals surface area contributed by atoms with Gasteiger partial charge in [-0.05, 0) is 56.3 Å². The predicted octanol–water partition coefficient (Wildman–Crippen LogP) is 4.62. The molecule has 0 unspecified atom stereocenters. The van der Waals surface area contributed by atoms with Gasteiger partial charge in [-0.1, -0.05) is 12.1 Å². The molecule has 6 heteroatoms. The van der Waals surface area contributed by atoms with Crippen molar-refractivity contribution in [2.75, 3.05) is 10.6 Å². The third kappa shape index (κ3) is 4.48. The second-order valence-corrected chi connectivity index (χ2v) is 5.86. The summed E-state index contributed by atoms with van der Waals surface area (Å²) >= 11 is 0. The maximum Gasteiger partial charge on any atom is 0.229 e. The molecular weight excluding hydrogens is 326 g/mol. The molecule has 0 amide bonds. The highest BCUT2D eigenvalue weighted by Crippen LogP contribution is 2.22. The van der Waals surface area contributed by atoms with Crippen molar-refractivity contribution in [1.29, 1.82) is 5.26 Å². The molecular formula is C20H19N5O. The summed E-state index contributed by atoms with van der Waals surface area (Å²) in [6, 6.07) is 18.8. The van der Waals surface area contributed by atoms with Gasteiger partial charge in [0.05, 0.1) is 17.4 Å². The van der Waals surface area contributed by atoms with E-state index in [-0.39, 0.29) is 6.10 Å². The van der Waals surface area contributed by atoms with Crippen LogP contribution in [0.3, 0.4) is 0 Å². The van der Waals surface area contributed by atoms with E-state index in [2.05, 4.69) is 26.7 Å². The lowest BCUT2D eigenvalue weighted by Crippen LogP contribution is -2.05. The van der Waals surface area contributed by atoms with Crippen LogP contribution in [0.2, 0.25) is 0 Å². The third-order valence-corrected chi connectivity index (χ3v) is 3.45. The van der Waals surface area contributed by atoms with Crippen LogP contribution in [0, 0.1) is 11.3 Å². The minimum absolute atomic E-state index is 0.139. The zero-order chi connectivity index (χ0) is 18.4. The SMILES string of the molecule is CC(C)Oc1ccc(Nc2ccnc(Nc3ccccc3C#N)n2)cc1. The van der Waals surface area contributed by atoms with Crippen LogP contribution in [0.1, 0.15) is 19.4 Å². The van der Waals surface area contributed by atoms with Crippen molar-refractivity contribution in [2.24, 2.45) is 0 Å². The van der Waals surface area contributed by atoms with Crippen molar-refractivity contribution in [2.45, 2.75) is 20.0 Å². The average Bonchev–Trinajstić information content (AvgIpc) is 2.64. The lowest BCUT2D eigenvalue weighted by Gasteiger charge is -2.11. The fourth-order valence-corrected chi connectivity index (χ4v) is 2.34. The number of nitriles is 1. The van der Waals surface area contributed by atoms with E-state index in [1.54, 1.807) is 18.3 Å². The topological polar surface area (TPSA) is 82.9 Å². The lowest BCUT2D eigenvalue weighted by atomic mass is 10.2. The Morgan fingerprint density at radius 2 is 1.77 bits per heavy atom. The highest BCUT2D eigenvalue weighted by Gasteiger charge is 2.05. The first-order valence-corrected chi connectivity index (χ1v) is 8.27. The average molecular weight is 345 g/mol. The van der Waals surface area contributed by atoms with Crippen LogP contribution in [0.5, 0.6) is 5.75 Å². The number of benzene rings is 2. The van der Waals surface area contributed by atoms with Crippen LogP contribution < -0.4 is 15.4 Å². The molecule has 0 radical (unpaired) electrons. The minimum atomic E-state index is 0.139. The van der Waals surface area contributed by atoms with Gasteiger partial charge in [-0.25, -0.2) is 4.98 Å². The lowest BCUT2D eigenvalue weighted by molar-refractivity contribution is 0.242. The predicted molar refractivity (Wildman–Crippen MR) is 102 cm³/mol. The molecule has 0 aliphatic carbocycles. The van der Waals surface area contributed by atoms with Gasteiger partial charge in [0.1, 0.15) is 17.6 Å². The number of hydrogen-bond donors (Lipinski definition) is 2. The van der Waals surface area contributed by atoms with Crippen molar-refractivity contribution in [3.63, 3.8) is 0 Å². The fraction of sp³-hybridized carbons (Fsp3) is 0.150. The number of nitrogens with zero attached hydrogens (tertiary/aromatic N) is 3. The fourth-order valence-electron chi connectivity index (χ4n) is 2.34. The first-order chi connectivity index (χ1) is 12.6. The molecule has 130 valence electrons. The van der Waals surface area contributed by atoms with Crippen LogP contribution in [-0.2, 0) is 0 Å². The Morgan fingerprint density at radius 3 is 2.50 bits per heavy atom. The molecule has 0 fully saturated rings. The highest BCUT2D eigenvalue weighted by atomic mass is 16.5. The van der Waals surface area contributed by atoms with Crippen LogP contribution in [-0.4, -0.2) is 16.1 Å². The first kappa shape index (κ1) is 17.2. The van der Waals surface area contributed by atoms with Gasteiger partial charge in [-0.2, -0.15) is 10.2 Å². The van der Waals surface area contributed by atoms with Gasteiger partial charge in [0.15, 0.2) is 0 Å². The molecule has 3 rings (SSSR count). The van der Waals surface area contributed by atoms with Crippen LogP contribution in [0.15, 0.2) is 60.8 Å². The van der Waals surface area contributed by atoms with Gasteiger partial charge in [0, 0.05) is 11.9 Å². The van der Waals surface area contributed by atoms with E-state index in [0.29, 0.717) is 23.0 Å². The van der Waals surface area contributed by atoms with Gasteiger partial charge in [-0.15, -0.1) is 0 Å². The second-order valence-electron chi connectivity index (χ2n) is 5.86. The van der Waals surface area contributed by atoms with Crippen molar-refractivity contribution in [1.82, 2.24) is 9.97 Å². The summed E-state index contributed by atoms with van der Waals surface area (Å²) in [6.07, 6.45) is 1.80. The number of ether oxygens (including phenoxy) is 1. The van der Waals surface area contributed by atoms with Gasteiger partial charge in [-0.3, -0.25) is 0 Å². The van der Waals surface area contributed by atoms with Crippen molar-refractivity contribution < 1.29 is 4.74 Å². The Kier molecular flexibility index (Phi) is 5.30. The molecule has 2 N–H and O–H groups in total. The monoisotopic (exact) mass is 345 g/mol. The summed E-state index contributed by atoms with van der Waals surface area (Å²) in [6.45, 7) is 3.98. The van der Waals surface area contributed by atoms with E-state index in [4.69, 9.17) is 10.00 Å². The number of para-hydroxylation sites is 1. The molecule has 3 aromatic rings. The maximum absolute atomic E-state index is 9.17. The van der Waals surface area contributed by atoms with Gasteiger partial charge in [0.2, 0.25) is 5.95 Å². The van der Waals surface area contributed by atoms with Crippen molar-refractivity contribution in [3.8, 4) is 11.8 Å². The van der Waals surface area contributed by atoms with E-state index in [1.165, 1.54) is 0 Å². The van der Waals surface area contributed by atoms with E-state index >= 15 is 0 Å². The van der Waals surface area contributed by atoms with Crippen LogP contribution >= 0.6 is 0 Å². The largest absolute Gasteiger partial charge is 0.491 e. The number of rotatable bonds is 6. The first-order valence-electron chi connectivity index (χ1n) is 8.27. The molecule has 0 aliphatic rings. The Bertz CT molecular complexity index is 916.